The molecule has 0 aromatic heterocycles. The van der Waals surface area contributed by atoms with Gasteiger partial charge in [0.25, 0.3) is 0 Å². The highest BCUT2D eigenvalue weighted by Crippen LogP contribution is 2.26. The molecule has 2 rings (SSSR count). The number of nitrogens with zero attached hydrogens (tertiary/aromatic N) is 1. The van der Waals surface area contributed by atoms with Gasteiger partial charge in [0, 0.05) is 23.1 Å². The number of rotatable bonds is 3. The monoisotopic (exact) mass is 285 g/mol. The number of halogens is 2. The molecular formula is C15H21Cl2N. The zero-order valence-electron chi connectivity index (χ0n) is 11.1. The van der Waals surface area contributed by atoms with Crippen molar-refractivity contribution >= 4 is 23.2 Å². The Labute approximate surface area is 120 Å². The largest absolute Gasteiger partial charge is 0.299 e. The van der Waals surface area contributed by atoms with Crippen molar-refractivity contribution in [3.63, 3.8) is 0 Å². The van der Waals surface area contributed by atoms with E-state index < -0.39 is 0 Å². The van der Waals surface area contributed by atoms with Crippen LogP contribution in [0.3, 0.4) is 0 Å². The predicted octanol–water partition coefficient (Wildman–Crippen LogP) is 4.86. The van der Waals surface area contributed by atoms with Crippen LogP contribution in [0.15, 0.2) is 18.2 Å². The van der Waals surface area contributed by atoms with Gasteiger partial charge in [0.15, 0.2) is 0 Å². The Morgan fingerprint density at radius 2 is 1.89 bits per heavy atom. The lowest BCUT2D eigenvalue weighted by molar-refractivity contribution is 0.139. The fourth-order valence-electron chi connectivity index (χ4n) is 2.74. The zero-order chi connectivity index (χ0) is 13.1. The highest BCUT2D eigenvalue weighted by molar-refractivity contribution is 6.34. The van der Waals surface area contributed by atoms with Crippen LogP contribution in [0, 0.1) is 11.8 Å². The van der Waals surface area contributed by atoms with Crippen molar-refractivity contribution in [3.05, 3.63) is 33.8 Å². The first-order chi connectivity index (χ1) is 8.54. The van der Waals surface area contributed by atoms with E-state index in [9.17, 15) is 0 Å². The Balaban J connectivity index is 2.00. The lowest BCUT2D eigenvalue weighted by atomic mass is 9.88. The maximum Gasteiger partial charge on any atom is 0.0424 e. The fourth-order valence-corrected chi connectivity index (χ4v) is 3.31. The van der Waals surface area contributed by atoms with Gasteiger partial charge in [-0.1, -0.05) is 37.0 Å². The van der Waals surface area contributed by atoms with E-state index >= 15 is 0 Å². The summed E-state index contributed by atoms with van der Waals surface area (Å²) in [5.74, 6) is 1.60. The van der Waals surface area contributed by atoms with Gasteiger partial charge >= 0.3 is 0 Å². The van der Waals surface area contributed by atoms with Crippen molar-refractivity contribution in [2.75, 3.05) is 13.1 Å². The van der Waals surface area contributed by atoms with Crippen LogP contribution in [-0.2, 0) is 6.54 Å². The summed E-state index contributed by atoms with van der Waals surface area (Å²) in [6.45, 7) is 7.99. The molecule has 0 radical (unpaired) electrons. The molecule has 0 bridgehead atoms. The topological polar surface area (TPSA) is 3.24 Å². The fraction of sp³-hybridized carbons (Fsp3) is 0.600. The minimum atomic E-state index is 0.731. The van der Waals surface area contributed by atoms with Gasteiger partial charge in [0.05, 0.1) is 0 Å². The Bertz CT molecular complexity index is 383. The molecule has 0 spiro atoms. The Hall–Kier alpha value is -0.240. The molecule has 1 heterocycles. The van der Waals surface area contributed by atoms with Crippen molar-refractivity contribution in [1.82, 2.24) is 4.90 Å². The van der Waals surface area contributed by atoms with Gasteiger partial charge in [-0.05, 0) is 55.0 Å². The number of piperidine rings is 1. The number of likely N-dealkylation sites (tertiary alicyclic amines) is 1. The van der Waals surface area contributed by atoms with Crippen molar-refractivity contribution in [1.29, 1.82) is 0 Å². The van der Waals surface area contributed by atoms with Crippen molar-refractivity contribution in [3.8, 4) is 0 Å². The molecule has 3 heteroatoms. The first kappa shape index (κ1) is 14.2. The summed E-state index contributed by atoms with van der Waals surface area (Å²) in [4.78, 5) is 2.52. The quantitative estimate of drug-likeness (QED) is 0.767. The molecule has 0 saturated carbocycles. The van der Waals surface area contributed by atoms with E-state index in [1.54, 1.807) is 6.07 Å². The van der Waals surface area contributed by atoms with E-state index in [-0.39, 0.29) is 0 Å². The van der Waals surface area contributed by atoms with E-state index in [0.717, 1.165) is 28.4 Å². The summed E-state index contributed by atoms with van der Waals surface area (Å²) >= 11 is 12.1. The first-order valence-corrected chi connectivity index (χ1v) is 7.47. The Kier molecular flexibility index (Phi) is 4.94. The number of benzene rings is 1. The molecule has 0 N–H and O–H groups in total. The van der Waals surface area contributed by atoms with Crippen LogP contribution in [0.2, 0.25) is 10.0 Å². The summed E-state index contributed by atoms with van der Waals surface area (Å²) in [6.07, 6.45) is 2.67. The van der Waals surface area contributed by atoms with Crippen LogP contribution in [0.1, 0.15) is 32.3 Å². The highest BCUT2D eigenvalue weighted by Gasteiger charge is 2.22. The summed E-state index contributed by atoms with van der Waals surface area (Å²) in [5, 5.41) is 1.46. The Morgan fingerprint density at radius 3 is 2.50 bits per heavy atom. The van der Waals surface area contributed by atoms with Gasteiger partial charge in [0.2, 0.25) is 0 Å². The third kappa shape index (κ3) is 3.88. The number of hydrogen-bond acceptors (Lipinski definition) is 1. The second-order valence-corrected chi connectivity index (χ2v) is 6.53. The molecule has 1 aliphatic heterocycles. The predicted molar refractivity (Wildman–Crippen MR) is 79.3 cm³/mol. The van der Waals surface area contributed by atoms with E-state index in [2.05, 4.69) is 18.7 Å². The van der Waals surface area contributed by atoms with Crippen molar-refractivity contribution in [2.24, 2.45) is 11.8 Å². The van der Waals surface area contributed by atoms with Gasteiger partial charge < -0.3 is 0 Å². The molecule has 0 amide bonds. The normalized spacial score (nSPS) is 21.5. The average molecular weight is 286 g/mol. The van der Waals surface area contributed by atoms with E-state index in [1.807, 2.05) is 12.1 Å². The van der Waals surface area contributed by atoms with E-state index in [4.69, 9.17) is 23.2 Å². The third-order valence-electron chi connectivity index (χ3n) is 3.81. The Morgan fingerprint density at radius 1 is 1.22 bits per heavy atom. The highest BCUT2D eigenvalue weighted by atomic mass is 35.5. The molecule has 1 aromatic rings. The van der Waals surface area contributed by atoms with Crippen LogP contribution in [-0.4, -0.2) is 18.0 Å². The molecule has 0 aliphatic carbocycles. The second-order valence-electron chi connectivity index (χ2n) is 5.66. The molecule has 1 aliphatic rings. The van der Waals surface area contributed by atoms with Gasteiger partial charge in [-0.25, -0.2) is 0 Å². The van der Waals surface area contributed by atoms with Crippen LogP contribution in [0.25, 0.3) is 0 Å². The third-order valence-corrected chi connectivity index (χ3v) is 4.25. The van der Waals surface area contributed by atoms with Crippen LogP contribution in [0.4, 0.5) is 0 Å². The van der Waals surface area contributed by atoms with Crippen LogP contribution < -0.4 is 0 Å². The molecule has 1 atom stereocenters. The summed E-state index contributed by atoms with van der Waals surface area (Å²) in [7, 11) is 0. The second kappa shape index (κ2) is 6.27. The molecule has 1 saturated heterocycles. The molecule has 0 unspecified atom stereocenters. The molecule has 18 heavy (non-hydrogen) atoms. The van der Waals surface area contributed by atoms with E-state index in [0.29, 0.717) is 0 Å². The minimum Gasteiger partial charge on any atom is -0.299 e. The van der Waals surface area contributed by atoms with Crippen molar-refractivity contribution < 1.29 is 0 Å². The molecule has 1 nitrogen and oxygen atoms in total. The average Bonchev–Trinajstić information content (AvgIpc) is 2.27. The lowest BCUT2D eigenvalue weighted by Gasteiger charge is -2.34. The first-order valence-electron chi connectivity index (χ1n) is 6.72. The van der Waals surface area contributed by atoms with E-state index in [1.165, 1.54) is 31.5 Å². The van der Waals surface area contributed by atoms with Crippen molar-refractivity contribution in [2.45, 2.75) is 33.2 Å². The zero-order valence-corrected chi connectivity index (χ0v) is 12.6. The molecular weight excluding hydrogens is 265 g/mol. The summed E-state index contributed by atoms with van der Waals surface area (Å²) in [6, 6.07) is 5.83. The summed E-state index contributed by atoms with van der Waals surface area (Å²) in [5.41, 5.74) is 1.22. The van der Waals surface area contributed by atoms with Gasteiger partial charge in [-0.2, -0.15) is 0 Å². The van der Waals surface area contributed by atoms with Crippen LogP contribution in [0.5, 0.6) is 0 Å². The maximum atomic E-state index is 6.04. The number of hydrogen-bond donors (Lipinski definition) is 0. The molecule has 1 aromatic carbocycles. The standard InChI is InChI=1S/C15H21Cl2N/c1-11(2)13-4-3-5-18(10-13)9-12-6-14(16)8-15(17)7-12/h6-8,11,13H,3-5,9-10H2,1-2H3/t13-/m1/s1. The SMILES string of the molecule is CC(C)[C@@H]1CCCN(Cc2cc(Cl)cc(Cl)c2)C1. The lowest BCUT2D eigenvalue weighted by Crippen LogP contribution is -2.36. The van der Waals surface area contributed by atoms with Gasteiger partial charge in [-0.3, -0.25) is 4.90 Å². The molecule has 1 fully saturated rings. The molecule has 100 valence electrons. The maximum absolute atomic E-state index is 6.04. The van der Waals surface area contributed by atoms with Gasteiger partial charge in [0.1, 0.15) is 0 Å². The minimum absolute atomic E-state index is 0.731. The van der Waals surface area contributed by atoms with Gasteiger partial charge in [-0.15, -0.1) is 0 Å². The van der Waals surface area contributed by atoms with Crippen LogP contribution >= 0.6 is 23.2 Å². The summed E-state index contributed by atoms with van der Waals surface area (Å²) < 4.78 is 0. The smallest absolute Gasteiger partial charge is 0.0424 e.